The standard InChI is InChI=1S/C18H15ClN4O3S/c19-10-1-3-11(4-2-10)23-8-22-15-13-14(20)9(5-12(25)7-24)6-21-17(13)27-16(15)18(23)26/h1-4,6,8,12,24-25H,5,7H2,(H2,20,21). The normalized spacial score (nSPS) is 12.7. The topological polar surface area (TPSA) is 114 Å². The van der Waals surface area contributed by atoms with Crippen LogP contribution >= 0.6 is 22.9 Å². The molecule has 4 aromatic rings. The van der Waals surface area contributed by atoms with Gasteiger partial charge in [-0.05, 0) is 29.8 Å². The molecule has 0 aliphatic carbocycles. The molecule has 0 saturated carbocycles. The second-order valence-electron chi connectivity index (χ2n) is 6.09. The molecule has 3 heterocycles. The molecule has 0 spiro atoms. The number of rotatable bonds is 4. The average molecular weight is 403 g/mol. The van der Waals surface area contributed by atoms with Crippen LogP contribution in [0.2, 0.25) is 5.02 Å². The van der Waals surface area contributed by atoms with Gasteiger partial charge in [-0.25, -0.2) is 9.97 Å². The fraction of sp³-hybridized carbons (Fsp3) is 0.167. The van der Waals surface area contributed by atoms with E-state index < -0.39 is 6.10 Å². The Morgan fingerprint density at radius 3 is 2.70 bits per heavy atom. The minimum absolute atomic E-state index is 0.171. The Labute approximate surface area is 162 Å². The summed E-state index contributed by atoms with van der Waals surface area (Å²) in [4.78, 5) is 22.4. The number of nitrogen functional groups attached to an aromatic ring is 1. The number of aliphatic hydroxyl groups excluding tert-OH is 2. The predicted octanol–water partition coefficient (Wildman–Crippen LogP) is 2.13. The molecule has 0 radical (unpaired) electrons. The van der Waals surface area contributed by atoms with Crippen molar-refractivity contribution in [1.82, 2.24) is 14.5 Å². The van der Waals surface area contributed by atoms with E-state index in [2.05, 4.69) is 9.97 Å². The van der Waals surface area contributed by atoms with Crippen molar-refractivity contribution in [3.05, 3.63) is 57.7 Å². The number of pyridine rings is 1. The van der Waals surface area contributed by atoms with Crippen LogP contribution < -0.4 is 11.3 Å². The van der Waals surface area contributed by atoms with Gasteiger partial charge in [0.25, 0.3) is 5.56 Å². The van der Waals surface area contributed by atoms with Crippen LogP contribution in [0.3, 0.4) is 0 Å². The molecular formula is C18H15ClN4O3S. The molecule has 0 saturated heterocycles. The number of fused-ring (bicyclic) bond motifs is 3. The van der Waals surface area contributed by atoms with Crippen LogP contribution in [-0.4, -0.2) is 37.5 Å². The van der Waals surface area contributed by atoms with Crippen LogP contribution in [0.5, 0.6) is 0 Å². The molecule has 0 aliphatic rings. The highest BCUT2D eigenvalue weighted by atomic mass is 35.5. The maximum atomic E-state index is 13.0. The van der Waals surface area contributed by atoms with E-state index in [0.717, 1.165) is 0 Å². The summed E-state index contributed by atoms with van der Waals surface area (Å²) >= 11 is 7.13. The summed E-state index contributed by atoms with van der Waals surface area (Å²) in [6.45, 7) is -0.369. The van der Waals surface area contributed by atoms with E-state index in [0.29, 0.717) is 42.4 Å². The zero-order chi connectivity index (χ0) is 19.1. The van der Waals surface area contributed by atoms with Crippen molar-refractivity contribution in [3.8, 4) is 5.69 Å². The largest absolute Gasteiger partial charge is 0.398 e. The molecule has 138 valence electrons. The summed E-state index contributed by atoms with van der Waals surface area (Å²) in [5.74, 6) is 0. The highest BCUT2D eigenvalue weighted by molar-refractivity contribution is 7.25. The molecule has 4 N–H and O–H groups in total. The molecule has 9 heteroatoms. The first-order chi connectivity index (χ1) is 13.0. The summed E-state index contributed by atoms with van der Waals surface area (Å²) in [5, 5.41) is 19.9. The lowest BCUT2D eigenvalue weighted by Crippen LogP contribution is -2.17. The van der Waals surface area contributed by atoms with Gasteiger partial charge in [-0.1, -0.05) is 11.6 Å². The molecule has 0 amide bonds. The molecule has 3 aromatic heterocycles. The van der Waals surface area contributed by atoms with Crippen molar-refractivity contribution in [3.63, 3.8) is 0 Å². The van der Waals surface area contributed by atoms with Gasteiger partial charge in [-0.2, -0.15) is 0 Å². The van der Waals surface area contributed by atoms with E-state index in [4.69, 9.17) is 22.4 Å². The van der Waals surface area contributed by atoms with Gasteiger partial charge in [0.05, 0.1) is 29.3 Å². The number of anilines is 1. The summed E-state index contributed by atoms with van der Waals surface area (Å²) in [5.41, 5.74) is 8.19. The monoisotopic (exact) mass is 402 g/mol. The molecule has 1 atom stereocenters. The van der Waals surface area contributed by atoms with Crippen molar-refractivity contribution < 1.29 is 10.2 Å². The number of hydrogen-bond donors (Lipinski definition) is 3. The van der Waals surface area contributed by atoms with Crippen molar-refractivity contribution >= 4 is 49.1 Å². The van der Waals surface area contributed by atoms with Gasteiger partial charge in [0.1, 0.15) is 15.9 Å². The Balaban J connectivity index is 1.92. The number of benzene rings is 1. The maximum Gasteiger partial charge on any atom is 0.275 e. The van der Waals surface area contributed by atoms with E-state index in [9.17, 15) is 9.90 Å². The van der Waals surface area contributed by atoms with E-state index in [1.807, 2.05) is 0 Å². The fourth-order valence-electron chi connectivity index (χ4n) is 2.92. The summed E-state index contributed by atoms with van der Waals surface area (Å²) < 4.78 is 1.89. The fourth-order valence-corrected chi connectivity index (χ4v) is 4.09. The third-order valence-electron chi connectivity index (χ3n) is 4.30. The number of aliphatic hydroxyl groups is 2. The first-order valence-corrected chi connectivity index (χ1v) is 9.31. The van der Waals surface area contributed by atoms with Crippen LogP contribution in [0.4, 0.5) is 5.69 Å². The second kappa shape index (κ2) is 6.90. The van der Waals surface area contributed by atoms with Crippen LogP contribution in [0.25, 0.3) is 26.1 Å². The molecule has 0 fully saturated rings. The van der Waals surface area contributed by atoms with Gasteiger partial charge in [0.2, 0.25) is 0 Å². The average Bonchev–Trinajstić information content (AvgIpc) is 3.05. The zero-order valence-electron chi connectivity index (χ0n) is 14.0. The minimum Gasteiger partial charge on any atom is -0.398 e. The van der Waals surface area contributed by atoms with Gasteiger partial charge >= 0.3 is 0 Å². The van der Waals surface area contributed by atoms with Crippen molar-refractivity contribution in [2.45, 2.75) is 12.5 Å². The number of thiophene rings is 1. The summed E-state index contributed by atoms with van der Waals surface area (Å²) in [6.07, 6.45) is 2.26. The Bertz CT molecular complexity index is 1200. The first-order valence-electron chi connectivity index (χ1n) is 8.11. The Hall–Kier alpha value is -2.52. The molecule has 0 bridgehead atoms. The second-order valence-corrected chi connectivity index (χ2v) is 7.53. The predicted molar refractivity (Wildman–Crippen MR) is 107 cm³/mol. The van der Waals surface area contributed by atoms with Crippen molar-refractivity contribution in [2.75, 3.05) is 12.3 Å². The first kappa shape index (κ1) is 17.9. The number of nitrogens with zero attached hydrogens (tertiary/aromatic N) is 3. The van der Waals surface area contributed by atoms with E-state index >= 15 is 0 Å². The maximum absolute atomic E-state index is 13.0. The Morgan fingerprint density at radius 1 is 1.26 bits per heavy atom. The van der Waals surface area contributed by atoms with E-state index in [-0.39, 0.29) is 18.6 Å². The number of nitrogens with two attached hydrogens (primary N) is 1. The molecule has 7 nitrogen and oxygen atoms in total. The molecule has 1 aromatic carbocycles. The number of aromatic nitrogens is 3. The van der Waals surface area contributed by atoms with Crippen molar-refractivity contribution in [1.29, 1.82) is 0 Å². The van der Waals surface area contributed by atoms with Gasteiger partial charge < -0.3 is 15.9 Å². The number of hydrogen-bond acceptors (Lipinski definition) is 7. The van der Waals surface area contributed by atoms with E-state index in [1.54, 1.807) is 30.5 Å². The van der Waals surface area contributed by atoms with Gasteiger partial charge in [0, 0.05) is 23.3 Å². The quantitative estimate of drug-likeness (QED) is 0.481. The molecule has 0 aliphatic heterocycles. The third-order valence-corrected chi connectivity index (χ3v) is 5.63. The molecule has 1 unspecified atom stereocenters. The van der Waals surface area contributed by atoms with Crippen LogP contribution in [0, 0.1) is 0 Å². The number of halogens is 1. The lowest BCUT2D eigenvalue weighted by Gasteiger charge is -2.10. The lowest BCUT2D eigenvalue weighted by molar-refractivity contribution is 0.0956. The van der Waals surface area contributed by atoms with Gasteiger partial charge in [-0.3, -0.25) is 9.36 Å². The Kier molecular flexibility index (Phi) is 4.56. The van der Waals surface area contributed by atoms with Crippen LogP contribution in [0.15, 0.2) is 41.6 Å². The van der Waals surface area contributed by atoms with Crippen LogP contribution in [0.1, 0.15) is 5.56 Å². The molecule has 4 rings (SSSR count). The van der Waals surface area contributed by atoms with Gasteiger partial charge in [-0.15, -0.1) is 11.3 Å². The molecular weight excluding hydrogens is 388 g/mol. The van der Waals surface area contributed by atoms with E-state index in [1.165, 1.54) is 22.2 Å². The molecule has 27 heavy (non-hydrogen) atoms. The van der Waals surface area contributed by atoms with Crippen molar-refractivity contribution in [2.24, 2.45) is 0 Å². The van der Waals surface area contributed by atoms with Crippen LogP contribution in [-0.2, 0) is 6.42 Å². The zero-order valence-corrected chi connectivity index (χ0v) is 15.5. The highest BCUT2D eigenvalue weighted by Gasteiger charge is 2.18. The summed E-state index contributed by atoms with van der Waals surface area (Å²) in [7, 11) is 0. The minimum atomic E-state index is -0.924. The Morgan fingerprint density at radius 2 is 2.00 bits per heavy atom. The summed E-state index contributed by atoms with van der Waals surface area (Å²) in [6, 6.07) is 6.89. The highest BCUT2D eigenvalue weighted by Crippen LogP contribution is 2.35. The smallest absolute Gasteiger partial charge is 0.275 e. The van der Waals surface area contributed by atoms with Gasteiger partial charge in [0.15, 0.2) is 0 Å². The SMILES string of the molecule is Nc1c(CC(O)CO)cnc2sc3c(=O)n(-c4ccc(Cl)cc4)cnc3c12. The third kappa shape index (κ3) is 3.06. The lowest BCUT2D eigenvalue weighted by atomic mass is 10.1.